The number of hydrogen-bond acceptors (Lipinski definition) is 4. The van der Waals surface area contributed by atoms with Gasteiger partial charge in [0, 0.05) is 0 Å². The molecule has 0 aliphatic carbocycles. The highest BCUT2D eigenvalue weighted by atomic mass is 32.1. The lowest BCUT2D eigenvalue weighted by Gasteiger charge is -2.02. The van der Waals surface area contributed by atoms with E-state index in [9.17, 15) is 5.11 Å². The van der Waals surface area contributed by atoms with Gasteiger partial charge >= 0.3 is 0 Å². The van der Waals surface area contributed by atoms with Gasteiger partial charge in [-0.2, -0.15) is 0 Å². The maximum absolute atomic E-state index is 9.43. The van der Waals surface area contributed by atoms with Crippen LogP contribution < -0.4 is 5.73 Å². The molecule has 0 saturated heterocycles. The zero-order valence-corrected chi connectivity index (χ0v) is 7.82. The Labute approximate surface area is 79.0 Å². The molecular weight excluding hydrogens is 190 g/mol. The van der Waals surface area contributed by atoms with Gasteiger partial charge in [-0.1, -0.05) is 0 Å². The Morgan fingerprint density at radius 2 is 2.25 bits per heavy atom. The Kier molecular flexibility index (Phi) is 1.66. The molecule has 0 spiro atoms. The first kappa shape index (κ1) is 7.76. The van der Waals surface area contributed by atoms with E-state index < -0.39 is 0 Å². The van der Waals surface area contributed by atoms with Crippen molar-refractivity contribution in [3.05, 3.63) is 17.5 Å². The Hall–Kier alpha value is -0.870. The van der Waals surface area contributed by atoms with Gasteiger partial charge < -0.3 is 10.8 Å². The Morgan fingerprint density at radius 1 is 1.50 bits per heavy atom. The average Bonchev–Trinajstić information content (AvgIpc) is 2.48. The van der Waals surface area contributed by atoms with E-state index in [2.05, 4.69) is 12.6 Å². The van der Waals surface area contributed by atoms with Crippen LogP contribution in [-0.2, 0) is 0 Å². The van der Waals surface area contributed by atoms with Gasteiger partial charge in [0.2, 0.25) is 0 Å². The molecule has 0 aliphatic rings. The molecule has 0 fully saturated rings. The van der Waals surface area contributed by atoms with Crippen molar-refractivity contribution in [3.8, 4) is 5.75 Å². The third kappa shape index (κ3) is 0.956. The largest absolute Gasteiger partial charge is 0.505 e. The van der Waals surface area contributed by atoms with Crippen molar-refractivity contribution in [2.24, 2.45) is 0 Å². The van der Waals surface area contributed by atoms with Crippen LogP contribution in [0.1, 0.15) is 0 Å². The molecule has 0 aliphatic heterocycles. The molecule has 0 unspecified atom stereocenters. The molecule has 0 saturated carbocycles. The highest BCUT2D eigenvalue weighted by molar-refractivity contribution is 7.81. The number of thiophene rings is 1. The molecule has 62 valence electrons. The van der Waals surface area contributed by atoms with Gasteiger partial charge in [-0.15, -0.1) is 24.0 Å². The minimum atomic E-state index is 0.0771. The van der Waals surface area contributed by atoms with E-state index in [1.807, 2.05) is 11.4 Å². The lowest BCUT2D eigenvalue weighted by atomic mass is 10.2. The minimum absolute atomic E-state index is 0.0771. The van der Waals surface area contributed by atoms with Crippen LogP contribution in [0.2, 0.25) is 0 Å². The van der Waals surface area contributed by atoms with E-state index in [-0.39, 0.29) is 5.75 Å². The summed E-state index contributed by atoms with van der Waals surface area (Å²) in [5, 5.41) is 12.4. The Balaban J connectivity index is 2.94. The second kappa shape index (κ2) is 2.57. The monoisotopic (exact) mass is 197 g/mol. The van der Waals surface area contributed by atoms with Crippen LogP contribution in [0.4, 0.5) is 5.69 Å². The maximum atomic E-state index is 9.43. The number of hydrogen-bond donors (Lipinski definition) is 3. The fraction of sp³-hybridized carbons (Fsp3) is 0. The van der Waals surface area contributed by atoms with Crippen LogP contribution in [0.5, 0.6) is 5.75 Å². The summed E-state index contributed by atoms with van der Waals surface area (Å²) in [6, 6.07) is 3.70. The molecule has 2 aromatic rings. The number of benzene rings is 1. The number of nitrogens with two attached hydrogens (primary N) is 1. The van der Waals surface area contributed by atoms with Crippen molar-refractivity contribution < 1.29 is 5.11 Å². The quantitative estimate of drug-likeness (QED) is 0.345. The minimum Gasteiger partial charge on any atom is -0.505 e. The molecular formula is C8H7NOS2. The van der Waals surface area contributed by atoms with Crippen LogP contribution in [0.15, 0.2) is 22.4 Å². The third-order valence-electron chi connectivity index (χ3n) is 1.72. The number of anilines is 1. The number of thiol groups is 1. The molecule has 0 amide bonds. The smallest absolute Gasteiger partial charge is 0.153 e. The molecule has 0 bridgehead atoms. The van der Waals surface area contributed by atoms with Crippen molar-refractivity contribution in [1.82, 2.24) is 0 Å². The summed E-state index contributed by atoms with van der Waals surface area (Å²) in [4.78, 5) is 0.569. The highest BCUT2D eigenvalue weighted by Gasteiger charge is 2.07. The van der Waals surface area contributed by atoms with Crippen LogP contribution in [0.3, 0.4) is 0 Å². The van der Waals surface area contributed by atoms with Gasteiger partial charge in [0.25, 0.3) is 0 Å². The zero-order chi connectivity index (χ0) is 8.72. The second-order valence-corrected chi connectivity index (χ2v) is 3.87. The van der Waals surface area contributed by atoms with E-state index >= 15 is 0 Å². The second-order valence-electron chi connectivity index (χ2n) is 2.50. The van der Waals surface area contributed by atoms with Gasteiger partial charge in [-0.25, -0.2) is 0 Å². The average molecular weight is 197 g/mol. The predicted molar refractivity (Wildman–Crippen MR) is 55.2 cm³/mol. The molecule has 12 heavy (non-hydrogen) atoms. The number of phenolic OH excluding ortho intramolecular Hbond substituents is 1. The summed E-state index contributed by atoms with van der Waals surface area (Å²) >= 11 is 5.72. The molecule has 1 heterocycles. The molecule has 1 aromatic heterocycles. The van der Waals surface area contributed by atoms with Crippen molar-refractivity contribution in [3.63, 3.8) is 0 Å². The molecule has 0 atom stereocenters. The molecule has 3 N–H and O–H groups in total. The van der Waals surface area contributed by atoms with E-state index in [1.165, 1.54) is 0 Å². The van der Waals surface area contributed by atoms with E-state index in [0.29, 0.717) is 10.6 Å². The van der Waals surface area contributed by atoms with E-state index in [0.717, 1.165) is 10.1 Å². The van der Waals surface area contributed by atoms with Crippen LogP contribution in [-0.4, -0.2) is 5.11 Å². The van der Waals surface area contributed by atoms with Gasteiger partial charge in [-0.05, 0) is 22.9 Å². The fourth-order valence-electron chi connectivity index (χ4n) is 1.11. The topological polar surface area (TPSA) is 46.2 Å². The van der Waals surface area contributed by atoms with Crippen LogP contribution in [0, 0.1) is 0 Å². The fourth-order valence-corrected chi connectivity index (χ4v) is 2.34. The van der Waals surface area contributed by atoms with Crippen molar-refractivity contribution in [2.45, 2.75) is 4.90 Å². The van der Waals surface area contributed by atoms with E-state index in [1.54, 1.807) is 17.4 Å². The summed E-state index contributed by atoms with van der Waals surface area (Å²) in [5.41, 5.74) is 5.93. The number of fused-ring (bicyclic) bond motifs is 1. The molecule has 0 radical (unpaired) electrons. The predicted octanol–water partition coefficient (Wildman–Crippen LogP) is 2.48. The summed E-state index contributed by atoms with van der Waals surface area (Å²) in [6.45, 7) is 0. The standard InChI is InChI=1S/C8H7NOS2/c9-5-3-4-1-2-12-8(4)7(11)6(5)10/h1-3,10-11H,9H2. The van der Waals surface area contributed by atoms with Crippen molar-refractivity contribution in [1.29, 1.82) is 0 Å². The lowest BCUT2D eigenvalue weighted by Crippen LogP contribution is -1.85. The molecule has 2 rings (SSSR count). The zero-order valence-electron chi connectivity index (χ0n) is 6.11. The highest BCUT2D eigenvalue weighted by Crippen LogP contribution is 2.38. The van der Waals surface area contributed by atoms with Crippen molar-refractivity contribution >= 4 is 39.7 Å². The number of rotatable bonds is 0. The van der Waals surface area contributed by atoms with Crippen LogP contribution in [0.25, 0.3) is 10.1 Å². The normalized spacial score (nSPS) is 10.8. The first-order valence-electron chi connectivity index (χ1n) is 3.38. The summed E-state index contributed by atoms with van der Waals surface area (Å²) < 4.78 is 0.977. The maximum Gasteiger partial charge on any atom is 0.153 e. The van der Waals surface area contributed by atoms with Gasteiger partial charge in [0.1, 0.15) is 0 Å². The van der Waals surface area contributed by atoms with E-state index in [4.69, 9.17) is 5.73 Å². The lowest BCUT2D eigenvalue weighted by molar-refractivity contribution is 0.467. The summed E-state index contributed by atoms with van der Waals surface area (Å²) in [5.74, 6) is 0.0771. The van der Waals surface area contributed by atoms with Gasteiger partial charge in [0.05, 0.1) is 15.3 Å². The third-order valence-corrected chi connectivity index (χ3v) is 3.25. The number of nitrogen functional groups attached to an aromatic ring is 1. The summed E-state index contributed by atoms with van der Waals surface area (Å²) in [6.07, 6.45) is 0. The van der Waals surface area contributed by atoms with Crippen LogP contribution >= 0.6 is 24.0 Å². The molecule has 2 nitrogen and oxygen atoms in total. The number of aromatic hydroxyl groups is 1. The summed E-state index contributed by atoms with van der Waals surface area (Å²) in [7, 11) is 0. The number of phenols is 1. The Morgan fingerprint density at radius 3 is 3.00 bits per heavy atom. The Bertz CT molecular complexity index is 436. The SMILES string of the molecule is Nc1cc2ccsc2c(S)c1O. The molecule has 1 aromatic carbocycles. The van der Waals surface area contributed by atoms with Crippen molar-refractivity contribution in [2.75, 3.05) is 5.73 Å². The molecule has 4 heteroatoms. The van der Waals surface area contributed by atoms with Gasteiger partial charge in [0.15, 0.2) is 5.75 Å². The first-order valence-corrected chi connectivity index (χ1v) is 4.70. The first-order chi connectivity index (χ1) is 5.70. The van der Waals surface area contributed by atoms with Gasteiger partial charge in [-0.3, -0.25) is 0 Å².